The fraction of sp³-hybridized carbons (Fsp3) is 0.346. The molecule has 2 amide bonds. The maximum absolute atomic E-state index is 13.2. The maximum Gasteiger partial charge on any atom is 0.413 e. The number of carbonyl (C=O) groups excluding carboxylic acids is 2. The van der Waals surface area contributed by atoms with Crippen molar-refractivity contribution in [3.8, 4) is 0 Å². The molecule has 1 fully saturated rings. The summed E-state index contributed by atoms with van der Waals surface area (Å²) in [5.41, 5.74) is 8.23. The van der Waals surface area contributed by atoms with Gasteiger partial charge in [0, 0.05) is 31.4 Å². The van der Waals surface area contributed by atoms with E-state index in [1.54, 1.807) is 48.5 Å². The number of hydrogen-bond donors (Lipinski definition) is 4. The van der Waals surface area contributed by atoms with Crippen molar-refractivity contribution < 1.29 is 22.8 Å². The number of benzene rings is 2. The molecule has 37 heavy (non-hydrogen) atoms. The van der Waals surface area contributed by atoms with Crippen LogP contribution in [0.1, 0.15) is 45.7 Å². The molecule has 1 saturated carbocycles. The summed E-state index contributed by atoms with van der Waals surface area (Å²) >= 11 is 0. The van der Waals surface area contributed by atoms with Gasteiger partial charge in [-0.1, -0.05) is 36.8 Å². The number of nitrogens with one attached hydrogen (secondary N) is 4. The Balaban J connectivity index is 1.50. The predicted octanol–water partition coefficient (Wildman–Crippen LogP) is 5.07. The number of alkyl halides is 3. The lowest BCUT2D eigenvalue weighted by atomic mass is 9.85. The second-order valence-electron chi connectivity index (χ2n) is 9.00. The highest BCUT2D eigenvalue weighted by Gasteiger charge is 2.39. The quantitative estimate of drug-likeness (QED) is 0.284. The van der Waals surface area contributed by atoms with Crippen LogP contribution in [0.2, 0.25) is 0 Å². The van der Waals surface area contributed by atoms with E-state index in [-0.39, 0.29) is 23.8 Å². The molecule has 1 unspecified atom stereocenters. The van der Waals surface area contributed by atoms with Crippen LogP contribution in [0.25, 0.3) is 10.8 Å². The number of amides is 2. The summed E-state index contributed by atoms with van der Waals surface area (Å²) in [6.07, 6.45) is 0.240. The third kappa shape index (κ3) is 6.29. The number of aromatic nitrogens is 1. The van der Waals surface area contributed by atoms with Gasteiger partial charge in [-0.25, -0.2) is 10.5 Å². The molecule has 1 aliphatic rings. The van der Waals surface area contributed by atoms with Gasteiger partial charge in [0.1, 0.15) is 0 Å². The Morgan fingerprint density at radius 1 is 1.05 bits per heavy atom. The first-order valence-electron chi connectivity index (χ1n) is 12.0. The molecular formula is C26H27F3N6O2. The molecule has 0 bridgehead atoms. The Morgan fingerprint density at radius 3 is 2.49 bits per heavy atom. The van der Waals surface area contributed by atoms with E-state index in [2.05, 4.69) is 26.0 Å². The molecule has 4 rings (SSSR count). The SMILES string of the molecule is N=NC(CNCc1ccc(C(=O)Nc2cccnc2C(=O)NCC2CCC2)c2ccccc12)C(F)(F)F. The third-order valence-electron chi connectivity index (χ3n) is 6.49. The first-order chi connectivity index (χ1) is 17.8. The number of hydrogen-bond acceptors (Lipinski definition) is 6. The summed E-state index contributed by atoms with van der Waals surface area (Å²) in [5.74, 6) is -0.321. The van der Waals surface area contributed by atoms with Gasteiger partial charge in [-0.2, -0.15) is 18.3 Å². The minimum atomic E-state index is -4.60. The third-order valence-corrected chi connectivity index (χ3v) is 6.49. The van der Waals surface area contributed by atoms with Crippen LogP contribution >= 0.6 is 0 Å². The van der Waals surface area contributed by atoms with E-state index in [0.29, 0.717) is 34.4 Å². The topological polar surface area (TPSA) is 119 Å². The van der Waals surface area contributed by atoms with Crippen LogP contribution in [0.3, 0.4) is 0 Å². The van der Waals surface area contributed by atoms with E-state index >= 15 is 0 Å². The van der Waals surface area contributed by atoms with Crippen LogP contribution in [-0.2, 0) is 6.54 Å². The monoisotopic (exact) mass is 512 g/mol. The van der Waals surface area contributed by atoms with Crippen LogP contribution in [-0.4, -0.2) is 42.1 Å². The lowest BCUT2D eigenvalue weighted by Crippen LogP contribution is -2.36. The molecule has 2 aromatic carbocycles. The molecule has 0 radical (unpaired) electrons. The minimum Gasteiger partial charge on any atom is -0.350 e. The molecule has 4 N–H and O–H groups in total. The summed E-state index contributed by atoms with van der Waals surface area (Å²) in [4.78, 5) is 30.1. The van der Waals surface area contributed by atoms with E-state index in [9.17, 15) is 22.8 Å². The van der Waals surface area contributed by atoms with E-state index in [4.69, 9.17) is 5.53 Å². The van der Waals surface area contributed by atoms with Crippen molar-refractivity contribution in [1.29, 1.82) is 5.53 Å². The van der Waals surface area contributed by atoms with Crippen LogP contribution in [0, 0.1) is 11.4 Å². The molecule has 1 atom stereocenters. The summed E-state index contributed by atoms with van der Waals surface area (Å²) in [7, 11) is 0. The Morgan fingerprint density at radius 2 is 1.81 bits per heavy atom. The van der Waals surface area contributed by atoms with Crippen LogP contribution in [0.5, 0.6) is 0 Å². The number of nitrogens with zero attached hydrogens (tertiary/aromatic N) is 2. The van der Waals surface area contributed by atoms with E-state index in [1.807, 2.05) is 0 Å². The predicted molar refractivity (Wildman–Crippen MR) is 133 cm³/mol. The second kappa shape index (κ2) is 11.5. The summed E-state index contributed by atoms with van der Waals surface area (Å²) < 4.78 is 38.6. The van der Waals surface area contributed by atoms with Gasteiger partial charge in [0.15, 0.2) is 11.7 Å². The van der Waals surface area contributed by atoms with Gasteiger partial charge >= 0.3 is 6.18 Å². The zero-order valence-electron chi connectivity index (χ0n) is 19.9. The first kappa shape index (κ1) is 26.2. The van der Waals surface area contributed by atoms with Gasteiger partial charge in [-0.3, -0.25) is 9.59 Å². The Kier molecular flexibility index (Phi) is 8.12. The highest BCUT2D eigenvalue weighted by molar-refractivity contribution is 6.15. The minimum absolute atomic E-state index is 0.0957. The van der Waals surface area contributed by atoms with Gasteiger partial charge in [-0.15, -0.1) is 0 Å². The molecule has 1 aromatic heterocycles. The van der Waals surface area contributed by atoms with E-state index in [1.165, 1.54) is 12.6 Å². The average Bonchev–Trinajstić information content (AvgIpc) is 2.85. The molecule has 3 aromatic rings. The Labute approximate surface area is 211 Å². The molecular weight excluding hydrogens is 485 g/mol. The summed E-state index contributed by atoms with van der Waals surface area (Å²) in [6.45, 7) is 0.136. The Bertz CT molecular complexity index is 1290. The first-order valence-corrected chi connectivity index (χ1v) is 12.0. The number of pyridine rings is 1. The van der Waals surface area contributed by atoms with Crippen molar-refractivity contribution in [3.63, 3.8) is 0 Å². The number of carbonyl (C=O) groups is 2. The lowest BCUT2D eigenvalue weighted by Gasteiger charge is -2.25. The standard InChI is InChI=1S/C26H27F3N6O2/c27-26(28,29)22(35-30)15-31-14-17-10-11-20(19-8-2-1-7-18(17)19)24(36)34-21-9-4-12-32-23(21)25(37)33-13-16-5-3-6-16/h1-2,4,7-12,16,22,30-31H,3,5-6,13-15H2,(H,33,37)(H,34,36). The normalized spacial score (nSPS) is 14.6. The van der Waals surface area contributed by atoms with Crippen LogP contribution in [0.4, 0.5) is 18.9 Å². The summed E-state index contributed by atoms with van der Waals surface area (Å²) in [5, 5.41) is 12.3. The van der Waals surface area contributed by atoms with E-state index < -0.39 is 24.7 Å². The largest absolute Gasteiger partial charge is 0.413 e. The van der Waals surface area contributed by atoms with Gasteiger partial charge in [0.2, 0.25) is 0 Å². The fourth-order valence-electron chi connectivity index (χ4n) is 4.19. The number of fused-ring (bicyclic) bond motifs is 1. The second-order valence-corrected chi connectivity index (χ2v) is 9.00. The lowest BCUT2D eigenvalue weighted by molar-refractivity contribution is -0.147. The fourth-order valence-corrected chi connectivity index (χ4v) is 4.19. The highest BCUT2D eigenvalue weighted by Crippen LogP contribution is 2.27. The van der Waals surface area contributed by atoms with Gasteiger partial charge in [0.05, 0.1) is 5.69 Å². The van der Waals surface area contributed by atoms with Crippen molar-refractivity contribution in [3.05, 3.63) is 71.5 Å². The molecule has 0 saturated heterocycles. The van der Waals surface area contributed by atoms with Crippen molar-refractivity contribution in [2.45, 2.75) is 38.0 Å². The molecule has 1 heterocycles. The van der Waals surface area contributed by atoms with Crippen LogP contribution in [0.15, 0.2) is 59.8 Å². The number of rotatable bonds is 10. The molecule has 8 nitrogen and oxygen atoms in total. The van der Waals surface area contributed by atoms with Crippen molar-refractivity contribution in [1.82, 2.24) is 15.6 Å². The summed E-state index contributed by atoms with van der Waals surface area (Å²) in [6, 6.07) is 11.4. The zero-order valence-corrected chi connectivity index (χ0v) is 19.9. The zero-order chi connectivity index (χ0) is 26.4. The van der Waals surface area contributed by atoms with E-state index in [0.717, 1.165) is 12.8 Å². The van der Waals surface area contributed by atoms with Crippen molar-refractivity contribution in [2.75, 3.05) is 18.4 Å². The van der Waals surface area contributed by atoms with Crippen molar-refractivity contribution in [2.24, 2.45) is 11.0 Å². The average molecular weight is 513 g/mol. The molecule has 1 aliphatic carbocycles. The Hall–Kier alpha value is -3.86. The van der Waals surface area contributed by atoms with Gasteiger partial charge in [0.25, 0.3) is 11.8 Å². The van der Waals surface area contributed by atoms with Crippen LogP contribution < -0.4 is 16.0 Å². The molecule has 11 heteroatoms. The molecule has 194 valence electrons. The van der Waals surface area contributed by atoms with Gasteiger partial charge < -0.3 is 16.0 Å². The molecule has 0 spiro atoms. The highest BCUT2D eigenvalue weighted by atomic mass is 19.4. The van der Waals surface area contributed by atoms with Gasteiger partial charge in [-0.05, 0) is 53.3 Å². The maximum atomic E-state index is 13.2. The van der Waals surface area contributed by atoms with Crippen molar-refractivity contribution >= 4 is 28.3 Å². The molecule has 0 aliphatic heterocycles. The number of anilines is 1. The number of halogens is 3. The smallest absolute Gasteiger partial charge is 0.350 e.